The van der Waals surface area contributed by atoms with Crippen molar-refractivity contribution in [2.75, 3.05) is 18.8 Å². The summed E-state index contributed by atoms with van der Waals surface area (Å²) in [5.41, 5.74) is 8.83. The Morgan fingerprint density at radius 3 is 2.62 bits per heavy atom. The van der Waals surface area contributed by atoms with E-state index in [1.54, 1.807) is 11.1 Å². The van der Waals surface area contributed by atoms with Crippen LogP contribution in [0.2, 0.25) is 0 Å². The first-order valence-electron chi connectivity index (χ1n) is 8.46. The number of piperidine rings is 1. The zero-order valence-corrected chi connectivity index (χ0v) is 14.6. The Balaban J connectivity index is 1.71. The molecule has 1 amide bonds. The van der Waals surface area contributed by atoms with E-state index in [0.717, 1.165) is 29.4 Å². The van der Waals surface area contributed by atoms with Crippen LogP contribution in [-0.2, 0) is 4.74 Å². The SMILES string of the molecule is CC(C)(C)OC(=O)N1CCC(c2ccc3ncccc3c2N)CC1. The lowest BCUT2D eigenvalue weighted by Crippen LogP contribution is -2.41. The number of nitrogen functional groups attached to an aromatic ring is 1. The maximum atomic E-state index is 12.2. The molecule has 2 aromatic rings. The number of ether oxygens (including phenoxy) is 1. The number of fused-ring (bicyclic) bond motifs is 1. The molecule has 0 atom stereocenters. The van der Waals surface area contributed by atoms with E-state index in [1.807, 2.05) is 39.0 Å². The largest absolute Gasteiger partial charge is 0.444 e. The predicted octanol–water partition coefficient (Wildman–Crippen LogP) is 3.93. The number of nitrogens with two attached hydrogens (primary N) is 1. The second kappa shape index (κ2) is 6.30. The highest BCUT2D eigenvalue weighted by Gasteiger charge is 2.28. The fourth-order valence-corrected chi connectivity index (χ4v) is 3.25. The number of anilines is 1. The Morgan fingerprint density at radius 2 is 1.96 bits per heavy atom. The number of aromatic nitrogens is 1. The Hall–Kier alpha value is -2.30. The molecular formula is C19H25N3O2. The van der Waals surface area contributed by atoms with Gasteiger partial charge in [0.15, 0.2) is 0 Å². The van der Waals surface area contributed by atoms with Gasteiger partial charge in [-0.1, -0.05) is 6.07 Å². The maximum absolute atomic E-state index is 12.2. The van der Waals surface area contributed by atoms with Crippen LogP contribution in [0.1, 0.15) is 45.1 Å². The van der Waals surface area contributed by atoms with Crippen LogP contribution in [0.3, 0.4) is 0 Å². The number of amides is 1. The van der Waals surface area contributed by atoms with E-state index >= 15 is 0 Å². The van der Waals surface area contributed by atoms with Crippen molar-refractivity contribution >= 4 is 22.7 Å². The average Bonchev–Trinajstić information content (AvgIpc) is 2.54. The van der Waals surface area contributed by atoms with Gasteiger partial charge in [-0.25, -0.2) is 4.79 Å². The van der Waals surface area contributed by atoms with Gasteiger partial charge < -0.3 is 15.4 Å². The molecule has 1 aliphatic heterocycles. The summed E-state index contributed by atoms with van der Waals surface area (Å²) in [6, 6.07) is 8.03. The van der Waals surface area contributed by atoms with Crippen LogP contribution in [0.5, 0.6) is 0 Å². The third kappa shape index (κ3) is 3.45. The van der Waals surface area contributed by atoms with Gasteiger partial charge in [0, 0.05) is 30.4 Å². The summed E-state index contributed by atoms with van der Waals surface area (Å²) in [4.78, 5) is 18.3. The second-order valence-electron chi connectivity index (χ2n) is 7.38. The molecule has 128 valence electrons. The molecule has 5 heteroatoms. The standard InChI is InChI=1S/C19H25N3O2/c1-19(2,3)24-18(23)22-11-8-13(9-12-22)14-6-7-16-15(17(14)20)5-4-10-21-16/h4-7,10,13H,8-9,11-12,20H2,1-3H3. The van der Waals surface area contributed by atoms with Gasteiger partial charge in [-0.2, -0.15) is 0 Å². The molecule has 0 bridgehead atoms. The average molecular weight is 327 g/mol. The Bertz CT molecular complexity index is 744. The van der Waals surface area contributed by atoms with Crippen molar-refractivity contribution in [2.24, 2.45) is 0 Å². The van der Waals surface area contributed by atoms with Crippen molar-refractivity contribution in [3.05, 3.63) is 36.0 Å². The summed E-state index contributed by atoms with van der Waals surface area (Å²) in [5.74, 6) is 0.369. The van der Waals surface area contributed by atoms with Crippen LogP contribution in [0.25, 0.3) is 10.9 Å². The summed E-state index contributed by atoms with van der Waals surface area (Å²) in [6.45, 7) is 7.07. The Labute approximate surface area is 142 Å². The highest BCUT2D eigenvalue weighted by molar-refractivity contribution is 5.92. The number of rotatable bonds is 1. The first kappa shape index (κ1) is 16.6. The number of carbonyl (C=O) groups is 1. The highest BCUT2D eigenvalue weighted by Crippen LogP contribution is 2.35. The minimum atomic E-state index is -0.455. The molecule has 0 radical (unpaired) electrons. The molecule has 0 spiro atoms. The first-order chi connectivity index (χ1) is 11.3. The lowest BCUT2D eigenvalue weighted by Gasteiger charge is -2.34. The van der Waals surface area contributed by atoms with Crippen molar-refractivity contribution in [1.82, 2.24) is 9.88 Å². The lowest BCUT2D eigenvalue weighted by atomic mass is 9.87. The Kier molecular flexibility index (Phi) is 4.35. The quantitative estimate of drug-likeness (QED) is 0.806. The van der Waals surface area contributed by atoms with Crippen LogP contribution in [0.15, 0.2) is 30.5 Å². The van der Waals surface area contributed by atoms with Gasteiger partial charge in [0.2, 0.25) is 0 Å². The van der Waals surface area contributed by atoms with Crippen LogP contribution in [0, 0.1) is 0 Å². The molecule has 1 aromatic carbocycles. The third-order valence-corrected chi connectivity index (χ3v) is 4.45. The van der Waals surface area contributed by atoms with Gasteiger partial charge in [-0.05, 0) is 63.3 Å². The molecule has 2 heterocycles. The van der Waals surface area contributed by atoms with Gasteiger partial charge in [0.1, 0.15) is 5.60 Å². The molecule has 1 fully saturated rings. The number of hydrogen-bond acceptors (Lipinski definition) is 4. The monoisotopic (exact) mass is 327 g/mol. The number of benzene rings is 1. The van der Waals surface area contributed by atoms with Crippen molar-refractivity contribution in [2.45, 2.75) is 45.1 Å². The summed E-state index contributed by atoms with van der Waals surface area (Å²) in [7, 11) is 0. The molecule has 0 saturated carbocycles. The molecule has 3 rings (SSSR count). The molecule has 1 aromatic heterocycles. The smallest absolute Gasteiger partial charge is 0.410 e. The molecule has 0 aliphatic carbocycles. The summed E-state index contributed by atoms with van der Waals surface area (Å²) in [5, 5.41) is 1.00. The number of hydrogen-bond donors (Lipinski definition) is 1. The molecule has 24 heavy (non-hydrogen) atoms. The molecule has 1 saturated heterocycles. The minimum Gasteiger partial charge on any atom is -0.444 e. The first-order valence-corrected chi connectivity index (χ1v) is 8.46. The van der Waals surface area contributed by atoms with E-state index in [1.165, 1.54) is 5.56 Å². The maximum Gasteiger partial charge on any atom is 0.410 e. The lowest BCUT2D eigenvalue weighted by molar-refractivity contribution is 0.0205. The molecular weight excluding hydrogens is 302 g/mol. The predicted molar refractivity (Wildman–Crippen MR) is 95.9 cm³/mol. The van der Waals surface area contributed by atoms with Crippen molar-refractivity contribution in [3.63, 3.8) is 0 Å². The van der Waals surface area contributed by atoms with Gasteiger partial charge in [0.25, 0.3) is 0 Å². The van der Waals surface area contributed by atoms with Crippen molar-refractivity contribution in [3.8, 4) is 0 Å². The van der Waals surface area contributed by atoms with E-state index in [9.17, 15) is 4.79 Å². The van der Waals surface area contributed by atoms with Crippen LogP contribution in [-0.4, -0.2) is 34.7 Å². The number of pyridine rings is 1. The van der Waals surface area contributed by atoms with Gasteiger partial charge >= 0.3 is 6.09 Å². The minimum absolute atomic E-state index is 0.225. The van der Waals surface area contributed by atoms with Crippen LogP contribution < -0.4 is 5.73 Å². The highest BCUT2D eigenvalue weighted by atomic mass is 16.6. The van der Waals surface area contributed by atoms with Crippen LogP contribution >= 0.6 is 0 Å². The van der Waals surface area contributed by atoms with Crippen molar-refractivity contribution < 1.29 is 9.53 Å². The second-order valence-corrected chi connectivity index (χ2v) is 7.38. The zero-order chi connectivity index (χ0) is 17.3. The van der Waals surface area contributed by atoms with Gasteiger partial charge in [-0.3, -0.25) is 4.98 Å². The Morgan fingerprint density at radius 1 is 1.25 bits per heavy atom. The third-order valence-electron chi connectivity index (χ3n) is 4.45. The summed E-state index contributed by atoms with van der Waals surface area (Å²) < 4.78 is 5.45. The summed E-state index contributed by atoms with van der Waals surface area (Å²) in [6.07, 6.45) is 3.35. The topological polar surface area (TPSA) is 68.5 Å². The normalized spacial score (nSPS) is 16.4. The van der Waals surface area contributed by atoms with E-state index in [-0.39, 0.29) is 6.09 Å². The zero-order valence-electron chi connectivity index (χ0n) is 14.6. The van der Waals surface area contributed by atoms with Gasteiger partial charge in [-0.15, -0.1) is 0 Å². The molecule has 2 N–H and O–H groups in total. The van der Waals surface area contributed by atoms with E-state index in [0.29, 0.717) is 19.0 Å². The number of carbonyl (C=O) groups excluding carboxylic acids is 1. The molecule has 1 aliphatic rings. The van der Waals surface area contributed by atoms with E-state index in [4.69, 9.17) is 10.5 Å². The number of nitrogens with zero attached hydrogens (tertiary/aromatic N) is 2. The number of likely N-dealkylation sites (tertiary alicyclic amines) is 1. The molecule has 0 unspecified atom stereocenters. The fraction of sp³-hybridized carbons (Fsp3) is 0.474. The van der Waals surface area contributed by atoms with Crippen LogP contribution in [0.4, 0.5) is 10.5 Å². The van der Waals surface area contributed by atoms with Crippen molar-refractivity contribution in [1.29, 1.82) is 0 Å². The van der Waals surface area contributed by atoms with E-state index < -0.39 is 5.60 Å². The molecule has 5 nitrogen and oxygen atoms in total. The summed E-state index contributed by atoms with van der Waals surface area (Å²) >= 11 is 0. The fourth-order valence-electron chi connectivity index (χ4n) is 3.25. The van der Waals surface area contributed by atoms with Gasteiger partial charge in [0.05, 0.1) is 5.52 Å². The van der Waals surface area contributed by atoms with E-state index in [2.05, 4.69) is 11.1 Å².